The Morgan fingerprint density at radius 3 is 2.58 bits per heavy atom. The Labute approximate surface area is 119 Å². The second-order valence-electron chi connectivity index (χ2n) is 3.34. The molecule has 0 saturated carbocycles. The van der Waals surface area contributed by atoms with Crippen molar-refractivity contribution in [2.24, 2.45) is 5.10 Å². The number of nitrogens with one attached hydrogen (secondary N) is 1. The zero-order valence-electron chi connectivity index (χ0n) is 9.88. The van der Waals surface area contributed by atoms with Gasteiger partial charge >= 0.3 is 0 Å². The summed E-state index contributed by atoms with van der Waals surface area (Å²) in [6.45, 7) is 1.55. The molecule has 8 heteroatoms. The SMILES string of the molecule is CCS(=O)(=O)c1ccc(Br)c(NN=C(C#N)C#N)c1. The predicted octanol–water partition coefficient (Wildman–Crippen LogP) is 2.06. The van der Waals surface area contributed by atoms with Gasteiger partial charge in [0.05, 0.1) is 16.3 Å². The summed E-state index contributed by atoms with van der Waals surface area (Å²) in [6, 6.07) is 7.59. The molecule has 0 heterocycles. The van der Waals surface area contributed by atoms with Crippen LogP contribution in [0.25, 0.3) is 0 Å². The van der Waals surface area contributed by atoms with Crippen molar-refractivity contribution in [2.45, 2.75) is 11.8 Å². The van der Waals surface area contributed by atoms with Gasteiger partial charge in [-0.1, -0.05) is 6.92 Å². The molecular weight excluding hydrogens is 332 g/mol. The topological polar surface area (TPSA) is 106 Å². The third-order valence-corrected chi connectivity index (χ3v) is 4.60. The molecule has 0 aliphatic rings. The number of rotatable bonds is 4. The molecule has 0 fully saturated rings. The summed E-state index contributed by atoms with van der Waals surface area (Å²) in [7, 11) is -3.33. The van der Waals surface area contributed by atoms with Crippen molar-refractivity contribution in [3.8, 4) is 12.1 Å². The lowest BCUT2D eigenvalue weighted by atomic mass is 10.3. The van der Waals surface area contributed by atoms with E-state index in [1.165, 1.54) is 12.1 Å². The summed E-state index contributed by atoms with van der Waals surface area (Å²) in [5.74, 6) is -0.0149. The Balaban J connectivity index is 3.18. The third kappa shape index (κ3) is 3.78. The summed E-state index contributed by atoms with van der Waals surface area (Å²) in [4.78, 5) is 0.145. The van der Waals surface area contributed by atoms with E-state index in [4.69, 9.17) is 10.5 Å². The van der Waals surface area contributed by atoms with E-state index >= 15 is 0 Å². The molecule has 0 spiro atoms. The van der Waals surface area contributed by atoms with Gasteiger partial charge in [-0.05, 0) is 34.1 Å². The first-order valence-electron chi connectivity index (χ1n) is 5.10. The van der Waals surface area contributed by atoms with E-state index in [1.807, 2.05) is 0 Å². The molecule has 0 bridgehead atoms. The molecule has 0 aliphatic carbocycles. The summed E-state index contributed by atoms with van der Waals surface area (Å²) >= 11 is 3.22. The average Bonchev–Trinajstić information content (AvgIpc) is 2.41. The minimum absolute atomic E-state index is 0.0149. The van der Waals surface area contributed by atoms with Crippen LogP contribution in [0.5, 0.6) is 0 Å². The Kier molecular flexibility index (Phi) is 5.04. The van der Waals surface area contributed by atoms with Crippen LogP contribution in [0.15, 0.2) is 32.7 Å². The molecule has 1 rings (SSSR count). The standard InChI is InChI=1S/C11H9BrN4O2S/c1-2-19(17,18)9-3-4-10(12)11(5-9)16-15-8(6-13)7-14/h3-5,16H,2H2,1H3. The lowest BCUT2D eigenvalue weighted by Crippen LogP contribution is -2.05. The second kappa shape index (κ2) is 6.32. The van der Waals surface area contributed by atoms with Crippen LogP contribution in [0.1, 0.15) is 6.92 Å². The molecule has 1 aromatic rings. The second-order valence-corrected chi connectivity index (χ2v) is 6.47. The van der Waals surface area contributed by atoms with Crippen molar-refractivity contribution < 1.29 is 8.42 Å². The highest BCUT2D eigenvalue weighted by molar-refractivity contribution is 9.10. The molecule has 19 heavy (non-hydrogen) atoms. The molecule has 0 unspecified atom stereocenters. The fourth-order valence-corrected chi connectivity index (χ4v) is 2.38. The monoisotopic (exact) mass is 340 g/mol. The van der Waals surface area contributed by atoms with Gasteiger partial charge in [-0.3, -0.25) is 5.43 Å². The maximum atomic E-state index is 11.7. The zero-order valence-corrected chi connectivity index (χ0v) is 12.3. The number of halogens is 1. The van der Waals surface area contributed by atoms with Crippen molar-refractivity contribution in [1.29, 1.82) is 10.5 Å². The maximum absolute atomic E-state index is 11.7. The lowest BCUT2D eigenvalue weighted by molar-refractivity contribution is 0.597. The summed E-state index contributed by atoms with van der Waals surface area (Å²) < 4.78 is 24.0. The molecule has 0 atom stereocenters. The number of hydrogen-bond acceptors (Lipinski definition) is 6. The van der Waals surface area contributed by atoms with E-state index in [0.29, 0.717) is 10.2 Å². The number of hydrogen-bond donors (Lipinski definition) is 1. The van der Waals surface area contributed by atoms with Gasteiger partial charge in [0, 0.05) is 4.47 Å². The largest absolute Gasteiger partial charge is 0.275 e. The number of anilines is 1. The van der Waals surface area contributed by atoms with Crippen LogP contribution in [0.2, 0.25) is 0 Å². The van der Waals surface area contributed by atoms with Crippen LogP contribution in [-0.2, 0) is 9.84 Å². The van der Waals surface area contributed by atoms with E-state index in [2.05, 4.69) is 26.5 Å². The minimum Gasteiger partial charge on any atom is -0.275 e. The highest BCUT2D eigenvalue weighted by Crippen LogP contribution is 2.26. The third-order valence-electron chi connectivity index (χ3n) is 2.18. The molecule has 98 valence electrons. The molecule has 6 nitrogen and oxygen atoms in total. The van der Waals surface area contributed by atoms with Gasteiger partial charge in [0.15, 0.2) is 9.84 Å². The first-order valence-corrected chi connectivity index (χ1v) is 7.55. The van der Waals surface area contributed by atoms with Gasteiger partial charge in [0.2, 0.25) is 5.71 Å². The summed E-state index contributed by atoms with van der Waals surface area (Å²) in [6.07, 6.45) is 0. The predicted molar refractivity (Wildman–Crippen MR) is 74.2 cm³/mol. The normalized spacial score (nSPS) is 10.1. The van der Waals surface area contributed by atoms with Gasteiger partial charge in [-0.25, -0.2) is 8.42 Å². The molecule has 0 amide bonds. The highest BCUT2D eigenvalue weighted by atomic mass is 79.9. The smallest absolute Gasteiger partial charge is 0.237 e. The highest BCUT2D eigenvalue weighted by Gasteiger charge is 2.13. The Hall–Kier alpha value is -1.90. The van der Waals surface area contributed by atoms with E-state index in [-0.39, 0.29) is 16.4 Å². The Bertz CT molecular complexity index is 682. The fraction of sp³-hybridized carbons (Fsp3) is 0.182. The van der Waals surface area contributed by atoms with Gasteiger partial charge in [0.25, 0.3) is 0 Å². The molecular formula is C11H9BrN4O2S. The fourth-order valence-electron chi connectivity index (χ4n) is 1.14. The van der Waals surface area contributed by atoms with Crippen molar-refractivity contribution in [3.05, 3.63) is 22.7 Å². The molecule has 0 aromatic heterocycles. The van der Waals surface area contributed by atoms with Crippen LogP contribution < -0.4 is 5.43 Å². The number of nitrogens with zero attached hydrogens (tertiary/aromatic N) is 3. The molecule has 1 aromatic carbocycles. The van der Waals surface area contributed by atoms with Gasteiger partial charge < -0.3 is 0 Å². The van der Waals surface area contributed by atoms with Gasteiger partial charge in [-0.15, -0.1) is 0 Å². The summed E-state index contributed by atoms with van der Waals surface area (Å²) in [5, 5.41) is 20.6. The van der Waals surface area contributed by atoms with Gasteiger partial charge in [-0.2, -0.15) is 15.6 Å². The summed E-state index contributed by atoms with van der Waals surface area (Å²) in [5.41, 5.74) is 2.49. The maximum Gasteiger partial charge on any atom is 0.237 e. The number of hydrazone groups is 1. The van der Waals surface area contributed by atoms with Crippen molar-refractivity contribution in [1.82, 2.24) is 0 Å². The Morgan fingerprint density at radius 1 is 1.42 bits per heavy atom. The van der Waals surface area contributed by atoms with Crippen LogP contribution in [0.4, 0.5) is 5.69 Å². The lowest BCUT2D eigenvalue weighted by Gasteiger charge is -2.07. The van der Waals surface area contributed by atoms with E-state index in [1.54, 1.807) is 25.1 Å². The first-order chi connectivity index (χ1) is 8.94. The Morgan fingerprint density at radius 2 is 2.05 bits per heavy atom. The van der Waals surface area contributed by atoms with Crippen molar-refractivity contribution in [3.63, 3.8) is 0 Å². The quantitative estimate of drug-likeness (QED) is 0.666. The van der Waals surface area contributed by atoms with E-state index in [0.717, 1.165) is 0 Å². The molecule has 0 radical (unpaired) electrons. The van der Waals surface area contributed by atoms with E-state index in [9.17, 15) is 8.42 Å². The van der Waals surface area contributed by atoms with Crippen LogP contribution >= 0.6 is 15.9 Å². The minimum atomic E-state index is -3.33. The first kappa shape index (κ1) is 15.2. The number of sulfone groups is 1. The van der Waals surface area contributed by atoms with Crippen molar-refractivity contribution in [2.75, 3.05) is 11.2 Å². The van der Waals surface area contributed by atoms with E-state index < -0.39 is 9.84 Å². The number of benzene rings is 1. The molecule has 0 aliphatic heterocycles. The zero-order chi connectivity index (χ0) is 14.5. The van der Waals surface area contributed by atoms with Crippen LogP contribution in [-0.4, -0.2) is 19.9 Å². The molecule has 0 saturated heterocycles. The van der Waals surface area contributed by atoms with Crippen LogP contribution in [0.3, 0.4) is 0 Å². The van der Waals surface area contributed by atoms with Crippen molar-refractivity contribution >= 4 is 37.2 Å². The average molecular weight is 341 g/mol. The molecule has 1 N–H and O–H groups in total. The van der Waals surface area contributed by atoms with Gasteiger partial charge in [0.1, 0.15) is 12.1 Å². The number of nitriles is 2. The van der Waals surface area contributed by atoms with Crippen LogP contribution in [0, 0.1) is 22.7 Å².